The minimum atomic E-state index is -3.56. The third-order valence-electron chi connectivity index (χ3n) is 5.07. The van der Waals surface area contributed by atoms with Crippen LogP contribution in [0.4, 0.5) is 4.39 Å². The first-order chi connectivity index (χ1) is 16.7. The van der Waals surface area contributed by atoms with Crippen LogP contribution in [0.25, 0.3) is 0 Å². The Labute approximate surface area is 209 Å². The number of ether oxygens (including phenoxy) is 1. The number of rotatable bonds is 13. The quantitative estimate of drug-likeness (QED) is 0.326. The molecule has 1 atom stereocenters. The van der Waals surface area contributed by atoms with E-state index in [2.05, 4.69) is 0 Å². The molecule has 0 aliphatic carbocycles. The molecular weight excluding hydrogens is 491 g/mol. The van der Waals surface area contributed by atoms with Crippen molar-refractivity contribution >= 4 is 27.8 Å². The Morgan fingerprint density at radius 3 is 2.03 bits per heavy atom. The third-order valence-corrected chi connectivity index (χ3v) is 6.78. The molecule has 0 bridgehead atoms. The molecule has 3 aromatic carbocycles. The summed E-state index contributed by atoms with van der Waals surface area (Å²) in [6.45, 7) is 0.433. The van der Waals surface area contributed by atoms with E-state index in [1.807, 2.05) is 24.3 Å². The molecule has 0 radical (unpaired) electrons. The van der Waals surface area contributed by atoms with Gasteiger partial charge in [-0.15, -0.1) is 11.8 Å². The van der Waals surface area contributed by atoms with Gasteiger partial charge in [0.25, 0.3) is 0 Å². The molecule has 0 heterocycles. The molecule has 0 aliphatic rings. The molecule has 1 N–H and O–H groups in total. The van der Waals surface area contributed by atoms with Gasteiger partial charge in [0.15, 0.2) is 0 Å². The van der Waals surface area contributed by atoms with Crippen LogP contribution in [0.2, 0.25) is 0 Å². The van der Waals surface area contributed by atoms with Crippen LogP contribution in [0.1, 0.15) is 16.7 Å². The van der Waals surface area contributed by atoms with Crippen LogP contribution < -0.4 is 8.92 Å². The van der Waals surface area contributed by atoms with E-state index in [0.29, 0.717) is 37.4 Å². The standard InChI is InChI=1S/C26H27FO6S2/c1-35(30,31)33-24-12-10-23(11-13-24)32-16-14-19-2-4-21(5-3-19)18-25(26(28)29)34-17-15-20-6-8-22(27)9-7-20/h2-13,25H,14-18H2,1H3,(H,28,29)/t25-/m1/s1. The summed E-state index contributed by atoms with van der Waals surface area (Å²) in [7, 11) is -3.56. The second kappa shape index (κ2) is 12.6. The highest BCUT2D eigenvalue weighted by Gasteiger charge is 2.18. The fourth-order valence-corrected chi connectivity index (χ4v) is 4.85. The average Bonchev–Trinajstić information content (AvgIpc) is 2.81. The molecule has 0 unspecified atom stereocenters. The van der Waals surface area contributed by atoms with Crippen LogP contribution in [0.5, 0.6) is 11.5 Å². The lowest BCUT2D eigenvalue weighted by atomic mass is 10.1. The molecule has 3 rings (SSSR count). The number of aryl methyl sites for hydroxylation is 1. The zero-order valence-corrected chi connectivity index (χ0v) is 20.9. The fraction of sp³-hybridized carbons (Fsp3) is 0.269. The van der Waals surface area contributed by atoms with Crippen LogP contribution in [-0.4, -0.2) is 43.4 Å². The molecular formula is C26H27FO6S2. The summed E-state index contributed by atoms with van der Waals surface area (Å²) < 4.78 is 45.8. The van der Waals surface area contributed by atoms with Crippen molar-refractivity contribution in [3.63, 3.8) is 0 Å². The first-order valence-electron chi connectivity index (χ1n) is 11.0. The van der Waals surface area contributed by atoms with Gasteiger partial charge < -0.3 is 14.0 Å². The second-order valence-corrected chi connectivity index (χ2v) is 10.8. The Balaban J connectivity index is 1.43. The Bertz CT molecular complexity index is 1190. The van der Waals surface area contributed by atoms with E-state index in [0.717, 1.165) is 22.9 Å². The summed E-state index contributed by atoms with van der Waals surface area (Å²) in [6.07, 6.45) is 2.75. The second-order valence-electron chi connectivity index (χ2n) is 7.95. The SMILES string of the molecule is CS(=O)(=O)Oc1ccc(OCCc2ccc(C[C@@H](SCCc3ccc(F)cc3)C(=O)O)cc2)cc1. The average molecular weight is 519 g/mol. The summed E-state index contributed by atoms with van der Waals surface area (Å²) in [5.41, 5.74) is 2.98. The highest BCUT2D eigenvalue weighted by Crippen LogP contribution is 2.21. The first-order valence-corrected chi connectivity index (χ1v) is 13.8. The van der Waals surface area contributed by atoms with Crippen LogP contribution in [-0.2, 0) is 34.2 Å². The van der Waals surface area contributed by atoms with Gasteiger partial charge in [0.2, 0.25) is 0 Å². The predicted molar refractivity (Wildman–Crippen MR) is 135 cm³/mol. The monoisotopic (exact) mass is 518 g/mol. The lowest BCUT2D eigenvalue weighted by Gasteiger charge is -2.13. The lowest BCUT2D eigenvalue weighted by molar-refractivity contribution is -0.136. The van der Waals surface area contributed by atoms with E-state index >= 15 is 0 Å². The summed E-state index contributed by atoms with van der Waals surface area (Å²) in [5.74, 6) is 0.336. The van der Waals surface area contributed by atoms with Crippen LogP contribution >= 0.6 is 11.8 Å². The van der Waals surface area contributed by atoms with E-state index < -0.39 is 21.3 Å². The molecule has 3 aromatic rings. The maximum atomic E-state index is 13.0. The van der Waals surface area contributed by atoms with Crippen molar-refractivity contribution in [2.45, 2.75) is 24.5 Å². The number of aliphatic carboxylic acids is 1. The number of carboxylic acid groups (broad SMARTS) is 1. The van der Waals surface area contributed by atoms with Crippen LogP contribution in [0, 0.1) is 5.82 Å². The number of carboxylic acids is 1. The number of hydrogen-bond acceptors (Lipinski definition) is 6. The van der Waals surface area contributed by atoms with Gasteiger partial charge in [0.05, 0.1) is 12.9 Å². The molecule has 186 valence electrons. The minimum Gasteiger partial charge on any atom is -0.493 e. The van der Waals surface area contributed by atoms with Gasteiger partial charge >= 0.3 is 16.1 Å². The zero-order chi connectivity index (χ0) is 25.3. The molecule has 0 aromatic heterocycles. The number of hydrogen-bond donors (Lipinski definition) is 1. The normalized spacial score (nSPS) is 12.2. The van der Waals surface area contributed by atoms with Crippen molar-refractivity contribution in [1.29, 1.82) is 0 Å². The number of benzene rings is 3. The van der Waals surface area contributed by atoms with E-state index in [4.69, 9.17) is 8.92 Å². The van der Waals surface area contributed by atoms with Crippen molar-refractivity contribution in [2.75, 3.05) is 18.6 Å². The van der Waals surface area contributed by atoms with E-state index in [-0.39, 0.29) is 11.6 Å². The van der Waals surface area contributed by atoms with E-state index in [1.165, 1.54) is 36.0 Å². The van der Waals surface area contributed by atoms with Crippen LogP contribution in [0.3, 0.4) is 0 Å². The van der Waals surface area contributed by atoms with Crippen LogP contribution in [0.15, 0.2) is 72.8 Å². The molecule has 6 nitrogen and oxygen atoms in total. The summed E-state index contributed by atoms with van der Waals surface area (Å²) in [6, 6.07) is 20.4. The summed E-state index contributed by atoms with van der Waals surface area (Å²) >= 11 is 1.39. The maximum Gasteiger partial charge on any atom is 0.316 e. The minimum absolute atomic E-state index is 0.226. The van der Waals surface area contributed by atoms with Gasteiger partial charge in [0.1, 0.15) is 22.6 Å². The Hall–Kier alpha value is -3.04. The molecule has 0 saturated carbocycles. The molecule has 0 aliphatic heterocycles. The van der Waals surface area contributed by atoms with Gasteiger partial charge in [-0.2, -0.15) is 8.42 Å². The van der Waals surface area contributed by atoms with Crippen molar-refractivity contribution in [1.82, 2.24) is 0 Å². The largest absolute Gasteiger partial charge is 0.493 e. The van der Waals surface area contributed by atoms with Gasteiger partial charge in [-0.3, -0.25) is 4.79 Å². The highest BCUT2D eigenvalue weighted by molar-refractivity contribution is 8.00. The fourth-order valence-electron chi connectivity index (χ4n) is 3.30. The molecule has 0 saturated heterocycles. The Kier molecular flexibility index (Phi) is 9.56. The predicted octanol–water partition coefficient (Wildman–Crippen LogP) is 4.76. The lowest BCUT2D eigenvalue weighted by Crippen LogP contribution is -2.20. The molecule has 9 heteroatoms. The summed E-state index contributed by atoms with van der Waals surface area (Å²) in [5, 5.41) is 9.04. The van der Waals surface area contributed by atoms with Gasteiger partial charge in [-0.05, 0) is 71.7 Å². The van der Waals surface area contributed by atoms with Crippen molar-refractivity contribution in [2.24, 2.45) is 0 Å². The van der Waals surface area contributed by atoms with Crippen molar-refractivity contribution < 1.29 is 31.6 Å². The first kappa shape index (κ1) is 26.6. The third kappa shape index (κ3) is 9.62. The molecule has 35 heavy (non-hydrogen) atoms. The highest BCUT2D eigenvalue weighted by atomic mass is 32.2. The van der Waals surface area contributed by atoms with Crippen molar-refractivity contribution in [3.05, 3.63) is 95.3 Å². The van der Waals surface area contributed by atoms with Crippen molar-refractivity contribution in [3.8, 4) is 11.5 Å². The molecule has 0 fully saturated rings. The van der Waals surface area contributed by atoms with Gasteiger partial charge in [-0.25, -0.2) is 4.39 Å². The van der Waals surface area contributed by atoms with E-state index in [9.17, 15) is 22.7 Å². The van der Waals surface area contributed by atoms with Gasteiger partial charge in [-0.1, -0.05) is 36.4 Å². The zero-order valence-electron chi connectivity index (χ0n) is 19.2. The number of halogens is 1. The van der Waals surface area contributed by atoms with E-state index in [1.54, 1.807) is 24.3 Å². The number of thioether (sulfide) groups is 1. The molecule has 0 amide bonds. The maximum absolute atomic E-state index is 13.0. The Morgan fingerprint density at radius 2 is 1.43 bits per heavy atom. The number of carbonyl (C=O) groups is 1. The summed E-state index contributed by atoms with van der Waals surface area (Å²) in [4.78, 5) is 11.7. The topological polar surface area (TPSA) is 89.9 Å². The smallest absolute Gasteiger partial charge is 0.316 e. The Morgan fingerprint density at radius 1 is 0.886 bits per heavy atom. The molecule has 0 spiro atoms. The van der Waals surface area contributed by atoms with Gasteiger partial charge in [0, 0.05) is 6.42 Å².